The van der Waals surface area contributed by atoms with Gasteiger partial charge in [-0.3, -0.25) is 4.84 Å². The highest BCUT2D eigenvalue weighted by Gasteiger charge is 2.14. The van der Waals surface area contributed by atoms with Gasteiger partial charge in [0.2, 0.25) is 0 Å². The molecule has 3 nitrogen and oxygen atoms in total. The second kappa shape index (κ2) is 1.78. The topological polar surface area (TPSA) is 24.5 Å². The molecule has 0 radical (unpaired) electrons. The fourth-order valence-electron chi connectivity index (χ4n) is 0.461. The molecule has 1 aliphatic rings. The van der Waals surface area contributed by atoms with Crippen molar-refractivity contribution in [3.05, 3.63) is 0 Å². The molecule has 3 heteroatoms. The molecule has 0 amide bonds. The number of hydrogen-bond acceptors (Lipinski definition) is 3. The van der Waals surface area contributed by atoms with Crippen molar-refractivity contribution in [1.29, 1.82) is 0 Å². The highest BCUT2D eigenvalue weighted by molar-refractivity contribution is 4.58. The van der Waals surface area contributed by atoms with Crippen molar-refractivity contribution in [1.82, 2.24) is 10.6 Å². The molecule has 0 aliphatic carbocycles. The van der Waals surface area contributed by atoms with Gasteiger partial charge in [-0.05, 0) is 6.92 Å². The van der Waals surface area contributed by atoms with Crippen LogP contribution in [0, 0.1) is 0 Å². The second-order valence-corrected chi connectivity index (χ2v) is 1.86. The van der Waals surface area contributed by atoms with Crippen molar-refractivity contribution in [2.75, 3.05) is 13.7 Å². The Balaban J connectivity index is 2.33. The van der Waals surface area contributed by atoms with E-state index in [-0.39, 0.29) is 0 Å². The Hall–Kier alpha value is -0.120. The fourth-order valence-corrected chi connectivity index (χ4v) is 0.461. The average Bonchev–Trinajstić information content (AvgIpc) is 1.91. The standard InChI is InChI=1S/C4H10N2O/c1-4-3-7-5-6(4)2/h4-5H,3H2,1-2H3. The van der Waals surface area contributed by atoms with Gasteiger partial charge in [0.1, 0.15) is 0 Å². The van der Waals surface area contributed by atoms with E-state index in [4.69, 9.17) is 4.84 Å². The molecular weight excluding hydrogens is 92.1 g/mol. The average molecular weight is 102 g/mol. The molecule has 0 saturated carbocycles. The van der Waals surface area contributed by atoms with Gasteiger partial charge in [-0.1, -0.05) is 0 Å². The van der Waals surface area contributed by atoms with E-state index in [9.17, 15) is 0 Å². The summed E-state index contributed by atoms with van der Waals surface area (Å²) < 4.78 is 0. The number of rotatable bonds is 0. The number of nitrogens with one attached hydrogen (secondary N) is 1. The summed E-state index contributed by atoms with van der Waals surface area (Å²) in [4.78, 5) is 4.84. The molecule has 0 bridgehead atoms. The quantitative estimate of drug-likeness (QED) is 0.456. The molecular formula is C4H10N2O. The molecule has 0 aromatic heterocycles. The lowest BCUT2D eigenvalue weighted by Gasteiger charge is -2.08. The van der Waals surface area contributed by atoms with Gasteiger partial charge >= 0.3 is 0 Å². The number of nitrogens with zero attached hydrogens (tertiary/aromatic N) is 1. The molecule has 1 unspecified atom stereocenters. The summed E-state index contributed by atoms with van der Waals surface area (Å²) in [5.74, 6) is 0. The van der Waals surface area contributed by atoms with E-state index < -0.39 is 0 Å². The van der Waals surface area contributed by atoms with Crippen LogP contribution < -0.4 is 5.59 Å². The summed E-state index contributed by atoms with van der Waals surface area (Å²) in [6.45, 7) is 2.89. The summed E-state index contributed by atoms with van der Waals surface area (Å²) in [6.07, 6.45) is 0. The second-order valence-electron chi connectivity index (χ2n) is 1.86. The molecule has 0 aromatic carbocycles. The summed E-state index contributed by atoms with van der Waals surface area (Å²) >= 11 is 0. The van der Waals surface area contributed by atoms with Gasteiger partial charge in [0, 0.05) is 13.1 Å². The highest BCUT2D eigenvalue weighted by Crippen LogP contribution is 1.97. The van der Waals surface area contributed by atoms with Crippen molar-refractivity contribution in [3.63, 3.8) is 0 Å². The number of hydrazine groups is 1. The van der Waals surface area contributed by atoms with Crippen LogP contribution in [-0.4, -0.2) is 24.7 Å². The van der Waals surface area contributed by atoms with Gasteiger partial charge in [0.25, 0.3) is 0 Å². The molecule has 1 fully saturated rings. The van der Waals surface area contributed by atoms with Crippen LogP contribution in [0.1, 0.15) is 6.92 Å². The number of likely N-dealkylation sites (N-methyl/N-ethyl adjacent to an activating group) is 1. The summed E-state index contributed by atoms with van der Waals surface area (Å²) in [5.41, 5.74) is 2.70. The van der Waals surface area contributed by atoms with Gasteiger partial charge in [-0.25, -0.2) is 5.01 Å². The first kappa shape index (κ1) is 5.03. The van der Waals surface area contributed by atoms with E-state index in [0.717, 1.165) is 6.61 Å². The first-order valence-electron chi connectivity index (χ1n) is 2.41. The minimum atomic E-state index is 0.514. The van der Waals surface area contributed by atoms with Gasteiger partial charge in [0.15, 0.2) is 0 Å². The third-order valence-corrected chi connectivity index (χ3v) is 1.19. The van der Waals surface area contributed by atoms with E-state index >= 15 is 0 Å². The minimum absolute atomic E-state index is 0.514. The first-order valence-corrected chi connectivity index (χ1v) is 2.41. The third-order valence-electron chi connectivity index (χ3n) is 1.19. The van der Waals surface area contributed by atoms with Crippen LogP contribution in [0.5, 0.6) is 0 Å². The Labute approximate surface area is 43.2 Å². The van der Waals surface area contributed by atoms with Crippen LogP contribution in [0.3, 0.4) is 0 Å². The zero-order valence-electron chi connectivity index (χ0n) is 4.64. The predicted molar refractivity (Wildman–Crippen MR) is 26.3 cm³/mol. The molecule has 1 saturated heterocycles. The van der Waals surface area contributed by atoms with Gasteiger partial charge in [0.05, 0.1) is 6.61 Å². The smallest absolute Gasteiger partial charge is 0.0866 e. The Morgan fingerprint density at radius 3 is 2.71 bits per heavy atom. The normalized spacial score (nSPS) is 34.3. The van der Waals surface area contributed by atoms with E-state index in [0.29, 0.717) is 6.04 Å². The molecule has 1 aliphatic heterocycles. The minimum Gasteiger partial charge on any atom is -0.285 e. The van der Waals surface area contributed by atoms with E-state index in [1.165, 1.54) is 0 Å². The van der Waals surface area contributed by atoms with E-state index in [1.807, 2.05) is 12.1 Å². The summed E-state index contributed by atoms with van der Waals surface area (Å²) in [6, 6.07) is 0.514. The largest absolute Gasteiger partial charge is 0.285 e. The molecule has 1 atom stereocenters. The lowest BCUT2D eigenvalue weighted by Crippen LogP contribution is -2.30. The monoisotopic (exact) mass is 102 g/mol. The van der Waals surface area contributed by atoms with Gasteiger partial charge < -0.3 is 0 Å². The van der Waals surface area contributed by atoms with Crippen LogP contribution in [0.25, 0.3) is 0 Å². The van der Waals surface area contributed by atoms with Crippen molar-refractivity contribution >= 4 is 0 Å². The van der Waals surface area contributed by atoms with Crippen molar-refractivity contribution in [2.45, 2.75) is 13.0 Å². The fraction of sp³-hybridized carbons (Fsp3) is 1.00. The lowest BCUT2D eigenvalue weighted by atomic mass is 10.4. The van der Waals surface area contributed by atoms with Gasteiger partial charge in [-0.15, -0.1) is 5.59 Å². The Morgan fingerprint density at radius 2 is 2.57 bits per heavy atom. The Morgan fingerprint density at radius 1 is 1.86 bits per heavy atom. The number of hydrogen-bond donors (Lipinski definition) is 1. The first-order chi connectivity index (χ1) is 3.30. The van der Waals surface area contributed by atoms with Crippen LogP contribution in [0.15, 0.2) is 0 Å². The molecule has 1 heterocycles. The molecule has 0 spiro atoms. The summed E-state index contributed by atoms with van der Waals surface area (Å²) in [5, 5.41) is 1.93. The Bertz CT molecular complexity index is 58.7. The van der Waals surface area contributed by atoms with E-state index in [1.54, 1.807) is 0 Å². The maximum atomic E-state index is 4.84. The van der Waals surface area contributed by atoms with Crippen LogP contribution in [0.2, 0.25) is 0 Å². The van der Waals surface area contributed by atoms with Crippen LogP contribution >= 0.6 is 0 Å². The molecule has 1 rings (SSSR count). The van der Waals surface area contributed by atoms with E-state index in [2.05, 4.69) is 12.5 Å². The SMILES string of the molecule is CC1CONN1C. The molecule has 7 heavy (non-hydrogen) atoms. The zero-order chi connectivity index (χ0) is 5.28. The highest BCUT2D eigenvalue weighted by atomic mass is 16.7. The Kier molecular flexibility index (Phi) is 1.27. The maximum absolute atomic E-state index is 4.84. The van der Waals surface area contributed by atoms with Crippen molar-refractivity contribution in [2.24, 2.45) is 0 Å². The molecule has 0 aromatic rings. The molecule has 42 valence electrons. The van der Waals surface area contributed by atoms with Crippen LogP contribution in [-0.2, 0) is 4.84 Å². The molecule has 1 N–H and O–H groups in total. The van der Waals surface area contributed by atoms with Crippen molar-refractivity contribution < 1.29 is 4.84 Å². The van der Waals surface area contributed by atoms with Crippen LogP contribution in [0.4, 0.5) is 0 Å². The lowest BCUT2D eigenvalue weighted by molar-refractivity contribution is 0.0230. The predicted octanol–water partition coefficient (Wildman–Crippen LogP) is -0.244. The third kappa shape index (κ3) is 0.907. The van der Waals surface area contributed by atoms with Crippen molar-refractivity contribution in [3.8, 4) is 0 Å². The maximum Gasteiger partial charge on any atom is 0.0866 e. The summed E-state index contributed by atoms with van der Waals surface area (Å²) in [7, 11) is 1.96. The van der Waals surface area contributed by atoms with Gasteiger partial charge in [-0.2, -0.15) is 0 Å². The zero-order valence-corrected chi connectivity index (χ0v) is 4.64.